The van der Waals surface area contributed by atoms with E-state index < -0.39 is 0 Å². The fraction of sp³-hybridized carbons (Fsp3) is 0.333. The smallest absolute Gasteiger partial charge is 0.222 e. The second-order valence-corrected chi connectivity index (χ2v) is 2.20. The van der Waals surface area contributed by atoms with Crippen molar-refractivity contribution < 1.29 is 4.79 Å². The molecule has 6 heteroatoms. The zero-order valence-electron chi connectivity index (χ0n) is 6.70. The lowest BCUT2D eigenvalue weighted by atomic mass is 10.4. The van der Waals surface area contributed by atoms with E-state index in [9.17, 15) is 4.79 Å². The maximum Gasteiger partial charge on any atom is 0.222 e. The van der Waals surface area contributed by atoms with Crippen molar-refractivity contribution in [2.45, 2.75) is 6.92 Å². The highest BCUT2D eigenvalue weighted by molar-refractivity contribution is 5.88. The van der Waals surface area contributed by atoms with Gasteiger partial charge in [0.05, 0.1) is 0 Å². The monoisotopic (exact) mass is 165 g/mol. The van der Waals surface area contributed by atoms with Gasteiger partial charge in [0, 0.05) is 14.0 Å². The van der Waals surface area contributed by atoms with Gasteiger partial charge in [-0.3, -0.25) is 4.79 Å². The van der Waals surface area contributed by atoms with Gasteiger partial charge < -0.3 is 5.32 Å². The molecule has 0 saturated heterocycles. The van der Waals surface area contributed by atoms with Crippen molar-refractivity contribution in [3.63, 3.8) is 0 Å². The number of nitriles is 1. The predicted molar refractivity (Wildman–Crippen MR) is 40.0 cm³/mol. The van der Waals surface area contributed by atoms with Crippen molar-refractivity contribution in [2.75, 3.05) is 5.32 Å². The molecule has 6 nitrogen and oxygen atoms in total. The second-order valence-electron chi connectivity index (χ2n) is 2.20. The molecule has 0 unspecified atom stereocenters. The van der Waals surface area contributed by atoms with Crippen molar-refractivity contribution in [2.24, 2.45) is 7.05 Å². The van der Waals surface area contributed by atoms with Crippen LogP contribution in [0.15, 0.2) is 0 Å². The molecule has 62 valence electrons. The van der Waals surface area contributed by atoms with Crippen LogP contribution in [0.5, 0.6) is 0 Å². The standard InChI is InChI=1S/C6H7N5O/c1-4(12)8-6-5(3-7)11(2)10-9-6/h1-2H3,(H,8,12). The maximum absolute atomic E-state index is 10.6. The molecular weight excluding hydrogens is 158 g/mol. The summed E-state index contributed by atoms with van der Waals surface area (Å²) < 4.78 is 1.30. The SMILES string of the molecule is CC(=O)Nc1nnn(C)c1C#N. The highest BCUT2D eigenvalue weighted by Gasteiger charge is 2.09. The minimum atomic E-state index is -0.271. The van der Waals surface area contributed by atoms with Gasteiger partial charge in [-0.25, -0.2) is 4.68 Å². The molecule has 12 heavy (non-hydrogen) atoms. The van der Waals surface area contributed by atoms with Crippen LogP contribution >= 0.6 is 0 Å². The Morgan fingerprint density at radius 2 is 2.42 bits per heavy atom. The largest absolute Gasteiger partial charge is 0.307 e. The van der Waals surface area contributed by atoms with E-state index in [2.05, 4.69) is 15.6 Å². The van der Waals surface area contributed by atoms with Crippen LogP contribution < -0.4 is 5.32 Å². The summed E-state index contributed by atoms with van der Waals surface area (Å²) in [5.74, 6) is -0.0699. The van der Waals surface area contributed by atoms with Crippen LogP contribution in [-0.4, -0.2) is 20.9 Å². The maximum atomic E-state index is 10.6. The zero-order chi connectivity index (χ0) is 9.14. The molecule has 1 amide bonds. The quantitative estimate of drug-likeness (QED) is 0.616. The van der Waals surface area contributed by atoms with Gasteiger partial charge in [-0.2, -0.15) is 5.26 Å². The Hall–Kier alpha value is -1.90. The third-order valence-corrected chi connectivity index (χ3v) is 1.23. The average Bonchev–Trinajstić information content (AvgIpc) is 2.30. The summed E-state index contributed by atoms with van der Waals surface area (Å²) in [5.41, 5.74) is 0.241. The number of carbonyl (C=O) groups is 1. The summed E-state index contributed by atoms with van der Waals surface area (Å²) >= 11 is 0. The molecule has 0 aliphatic carbocycles. The molecule has 0 bridgehead atoms. The van der Waals surface area contributed by atoms with Gasteiger partial charge in [0.25, 0.3) is 0 Å². The van der Waals surface area contributed by atoms with E-state index in [-0.39, 0.29) is 17.4 Å². The van der Waals surface area contributed by atoms with Crippen LogP contribution in [0, 0.1) is 11.3 Å². The number of hydrogen-bond acceptors (Lipinski definition) is 4. The molecule has 1 rings (SSSR count). The van der Waals surface area contributed by atoms with Gasteiger partial charge in [0.2, 0.25) is 5.91 Å². The van der Waals surface area contributed by atoms with Gasteiger partial charge in [0.15, 0.2) is 11.5 Å². The fourth-order valence-electron chi connectivity index (χ4n) is 0.733. The van der Waals surface area contributed by atoms with Crippen LogP contribution in [0.3, 0.4) is 0 Å². The number of aryl methyl sites for hydroxylation is 1. The first kappa shape index (κ1) is 8.20. The lowest BCUT2D eigenvalue weighted by molar-refractivity contribution is -0.114. The minimum Gasteiger partial charge on any atom is -0.307 e. The molecular formula is C6H7N5O. The van der Waals surface area contributed by atoms with Gasteiger partial charge >= 0.3 is 0 Å². The van der Waals surface area contributed by atoms with Gasteiger partial charge in [-0.15, -0.1) is 5.10 Å². The molecule has 0 atom stereocenters. The number of rotatable bonds is 1. The third kappa shape index (κ3) is 1.40. The Labute approximate surface area is 68.8 Å². The van der Waals surface area contributed by atoms with E-state index in [0.717, 1.165) is 0 Å². The number of hydrogen-bond donors (Lipinski definition) is 1. The van der Waals surface area contributed by atoms with E-state index in [0.29, 0.717) is 0 Å². The van der Waals surface area contributed by atoms with E-state index in [1.54, 1.807) is 7.05 Å². The lowest BCUT2D eigenvalue weighted by Crippen LogP contribution is -2.07. The molecule has 0 radical (unpaired) electrons. The van der Waals surface area contributed by atoms with Crippen molar-refractivity contribution in [3.05, 3.63) is 5.69 Å². The van der Waals surface area contributed by atoms with Gasteiger partial charge in [-0.05, 0) is 0 Å². The topological polar surface area (TPSA) is 83.6 Å². The summed E-state index contributed by atoms with van der Waals surface area (Å²) in [7, 11) is 1.58. The Kier molecular flexibility index (Phi) is 2.05. The fourth-order valence-corrected chi connectivity index (χ4v) is 0.733. The molecule has 1 N–H and O–H groups in total. The zero-order valence-corrected chi connectivity index (χ0v) is 6.70. The summed E-state index contributed by atoms with van der Waals surface area (Å²) in [5, 5.41) is 18.1. The first-order chi connectivity index (χ1) is 5.65. The summed E-state index contributed by atoms with van der Waals surface area (Å²) in [6.45, 7) is 1.34. The van der Waals surface area contributed by atoms with Crippen molar-refractivity contribution in [3.8, 4) is 6.07 Å². The van der Waals surface area contributed by atoms with Crippen LogP contribution in [0.2, 0.25) is 0 Å². The molecule has 0 aromatic carbocycles. The number of aromatic nitrogens is 3. The first-order valence-corrected chi connectivity index (χ1v) is 3.22. The van der Waals surface area contributed by atoms with Crippen molar-refractivity contribution in [1.29, 1.82) is 5.26 Å². The van der Waals surface area contributed by atoms with Gasteiger partial charge in [-0.1, -0.05) is 5.21 Å². The van der Waals surface area contributed by atoms with Crippen LogP contribution in [-0.2, 0) is 11.8 Å². The third-order valence-electron chi connectivity index (χ3n) is 1.23. The number of anilines is 1. The molecule has 0 aliphatic rings. The molecule has 0 fully saturated rings. The number of amides is 1. The molecule has 1 heterocycles. The van der Waals surface area contributed by atoms with E-state index in [1.165, 1.54) is 11.6 Å². The van der Waals surface area contributed by atoms with E-state index in [4.69, 9.17) is 5.26 Å². The minimum absolute atomic E-state index is 0.201. The van der Waals surface area contributed by atoms with Crippen LogP contribution in [0.4, 0.5) is 5.82 Å². The summed E-state index contributed by atoms with van der Waals surface area (Å²) in [6, 6.07) is 1.87. The average molecular weight is 165 g/mol. The van der Waals surface area contributed by atoms with Crippen molar-refractivity contribution in [1.82, 2.24) is 15.0 Å². The Balaban J connectivity index is 3.01. The second kappa shape index (κ2) is 3.00. The number of carbonyl (C=O) groups excluding carboxylic acids is 1. The molecule has 0 aliphatic heterocycles. The van der Waals surface area contributed by atoms with E-state index >= 15 is 0 Å². The lowest BCUT2D eigenvalue weighted by Gasteiger charge is -1.94. The highest BCUT2D eigenvalue weighted by atomic mass is 16.1. The Morgan fingerprint density at radius 3 is 2.92 bits per heavy atom. The molecule has 1 aromatic heterocycles. The van der Waals surface area contributed by atoms with Crippen LogP contribution in [0.1, 0.15) is 12.6 Å². The normalized spacial score (nSPS) is 9.08. The molecule has 0 spiro atoms. The molecule has 0 saturated carbocycles. The Morgan fingerprint density at radius 1 is 1.75 bits per heavy atom. The predicted octanol–water partition coefficient (Wildman–Crippen LogP) is -0.355. The van der Waals surface area contributed by atoms with Crippen LogP contribution in [0.25, 0.3) is 0 Å². The van der Waals surface area contributed by atoms with Crippen molar-refractivity contribution >= 4 is 11.7 Å². The molecule has 1 aromatic rings. The number of nitrogens with zero attached hydrogens (tertiary/aromatic N) is 4. The number of nitrogens with one attached hydrogen (secondary N) is 1. The Bertz CT molecular complexity index is 347. The highest BCUT2D eigenvalue weighted by Crippen LogP contribution is 2.07. The van der Waals surface area contributed by atoms with Gasteiger partial charge in [0.1, 0.15) is 6.07 Å². The first-order valence-electron chi connectivity index (χ1n) is 3.22. The van der Waals surface area contributed by atoms with E-state index in [1.807, 2.05) is 6.07 Å². The summed E-state index contributed by atoms with van der Waals surface area (Å²) in [6.07, 6.45) is 0. The summed E-state index contributed by atoms with van der Waals surface area (Å²) in [4.78, 5) is 10.6.